The molecule has 1 aliphatic heterocycles. The smallest absolute Gasteiger partial charge is 0.209 e. The largest absolute Gasteiger partial charge is 0.484 e. The summed E-state index contributed by atoms with van der Waals surface area (Å²) in [6, 6.07) is 21.6. The monoisotopic (exact) mass is 407 g/mol. The minimum atomic E-state index is -0.367. The highest BCUT2D eigenvalue weighted by molar-refractivity contribution is 7.97. The van der Waals surface area contributed by atoms with E-state index in [1.165, 1.54) is 0 Å². The molecule has 0 radical (unpaired) electrons. The standard InChI is InChI=1S/C25H24FO2S/c1-2-25(15-7-8-16-25)28-22-17-18(13-14-19(22)26)29-23-11-5-3-9-20(23)27-21-10-4-6-12-24(21)29/h3-6,9-14,17H,2,7-8,15-16H2,1H3/q+1. The van der Waals surface area contributed by atoms with Crippen LogP contribution in [0.25, 0.3) is 0 Å². The topological polar surface area (TPSA) is 18.5 Å². The third-order valence-corrected chi connectivity index (χ3v) is 8.26. The van der Waals surface area contributed by atoms with Gasteiger partial charge in [0.05, 0.1) is 0 Å². The van der Waals surface area contributed by atoms with E-state index in [2.05, 4.69) is 19.1 Å². The summed E-state index contributed by atoms with van der Waals surface area (Å²) in [5.41, 5.74) is -0.228. The lowest BCUT2D eigenvalue weighted by molar-refractivity contribution is 0.0670. The highest BCUT2D eigenvalue weighted by atomic mass is 32.2. The fraction of sp³-hybridized carbons (Fsp3) is 0.280. The molecule has 29 heavy (non-hydrogen) atoms. The van der Waals surface area contributed by atoms with Gasteiger partial charge in [0.1, 0.15) is 16.5 Å². The van der Waals surface area contributed by atoms with Crippen LogP contribution >= 0.6 is 0 Å². The molecule has 0 N–H and O–H groups in total. The predicted molar refractivity (Wildman–Crippen MR) is 114 cm³/mol. The van der Waals surface area contributed by atoms with E-state index in [9.17, 15) is 4.39 Å². The van der Waals surface area contributed by atoms with Crippen molar-refractivity contribution in [2.75, 3.05) is 0 Å². The Hall–Kier alpha value is -2.46. The second kappa shape index (κ2) is 7.42. The van der Waals surface area contributed by atoms with Crippen molar-refractivity contribution in [3.8, 4) is 17.2 Å². The number of hydrogen-bond acceptors (Lipinski definition) is 2. The first-order valence-electron chi connectivity index (χ1n) is 10.3. The predicted octanol–water partition coefficient (Wildman–Crippen LogP) is 7.13. The van der Waals surface area contributed by atoms with Crippen LogP contribution in [0.2, 0.25) is 0 Å². The second-order valence-electron chi connectivity index (χ2n) is 7.74. The molecule has 2 nitrogen and oxygen atoms in total. The summed E-state index contributed by atoms with van der Waals surface area (Å²) in [5, 5.41) is 0. The summed E-state index contributed by atoms with van der Waals surface area (Å²) in [5.74, 6) is 1.82. The molecule has 0 bridgehead atoms. The minimum absolute atomic E-state index is 0.228. The van der Waals surface area contributed by atoms with Gasteiger partial charge in [-0.2, -0.15) is 0 Å². The molecule has 0 unspecified atom stereocenters. The maximum absolute atomic E-state index is 14.7. The van der Waals surface area contributed by atoms with Crippen LogP contribution in [0.3, 0.4) is 0 Å². The Morgan fingerprint density at radius 2 is 1.55 bits per heavy atom. The van der Waals surface area contributed by atoms with Crippen molar-refractivity contribution in [3.05, 3.63) is 72.5 Å². The Labute approximate surface area is 174 Å². The molecule has 0 saturated heterocycles. The van der Waals surface area contributed by atoms with Crippen molar-refractivity contribution in [3.63, 3.8) is 0 Å². The molecule has 148 valence electrons. The average molecular weight is 408 g/mol. The summed E-state index contributed by atoms with van der Waals surface area (Å²) in [6.07, 6.45) is 5.20. The molecule has 3 aromatic rings. The summed E-state index contributed by atoms with van der Waals surface area (Å²) in [7, 11) is -0.367. The Bertz CT molecular complexity index is 997. The lowest BCUT2D eigenvalue weighted by Crippen LogP contribution is -2.32. The Morgan fingerprint density at radius 1 is 0.931 bits per heavy atom. The number of para-hydroxylation sites is 2. The summed E-state index contributed by atoms with van der Waals surface area (Å²) in [4.78, 5) is 3.29. The number of rotatable bonds is 4. The zero-order valence-electron chi connectivity index (χ0n) is 16.5. The van der Waals surface area contributed by atoms with E-state index in [0.717, 1.165) is 58.3 Å². The molecule has 2 aliphatic rings. The molecule has 3 aromatic carbocycles. The number of fused-ring (bicyclic) bond motifs is 2. The van der Waals surface area contributed by atoms with E-state index in [1.807, 2.05) is 48.5 Å². The fourth-order valence-corrected chi connectivity index (χ4v) is 6.59. The van der Waals surface area contributed by atoms with Crippen LogP contribution in [-0.4, -0.2) is 5.60 Å². The third-order valence-electron chi connectivity index (χ3n) is 5.98. The van der Waals surface area contributed by atoms with Crippen LogP contribution in [0.4, 0.5) is 4.39 Å². The van der Waals surface area contributed by atoms with Crippen LogP contribution < -0.4 is 9.47 Å². The van der Waals surface area contributed by atoms with Crippen LogP contribution in [0, 0.1) is 5.82 Å². The van der Waals surface area contributed by atoms with Crippen molar-refractivity contribution >= 4 is 10.9 Å². The van der Waals surface area contributed by atoms with Gasteiger partial charge in [0, 0.05) is 6.07 Å². The van der Waals surface area contributed by atoms with Gasteiger partial charge in [0.15, 0.2) is 28.0 Å². The summed E-state index contributed by atoms with van der Waals surface area (Å²) < 4.78 is 27.2. The summed E-state index contributed by atoms with van der Waals surface area (Å²) in [6.45, 7) is 2.14. The van der Waals surface area contributed by atoms with E-state index < -0.39 is 0 Å². The van der Waals surface area contributed by atoms with Crippen molar-refractivity contribution in [2.24, 2.45) is 0 Å². The van der Waals surface area contributed by atoms with Crippen molar-refractivity contribution < 1.29 is 13.9 Å². The number of benzene rings is 3. The number of hydrogen-bond donors (Lipinski definition) is 0. The molecule has 1 fully saturated rings. The van der Waals surface area contributed by atoms with Gasteiger partial charge in [-0.05, 0) is 68.5 Å². The van der Waals surface area contributed by atoms with Gasteiger partial charge in [-0.3, -0.25) is 0 Å². The molecule has 1 saturated carbocycles. The van der Waals surface area contributed by atoms with Gasteiger partial charge in [-0.1, -0.05) is 31.2 Å². The van der Waals surface area contributed by atoms with Gasteiger partial charge in [0.25, 0.3) is 0 Å². The van der Waals surface area contributed by atoms with Crippen LogP contribution in [-0.2, 0) is 10.9 Å². The SMILES string of the molecule is CCC1(Oc2cc([S+]3c4ccccc4Oc4ccccc43)ccc2F)CCCC1. The lowest BCUT2D eigenvalue weighted by atomic mass is 9.99. The molecule has 5 rings (SSSR count). The average Bonchev–Trinajstić information content (AvgIpc) is 3.23. The van der Waals surface area contributed by atoms with Gasteiger partial charge < -0.3 is 9.47 Å². The minimum Gasteiger partial charge on any atom is -0.484 e. The van der Waals surface area contributed by atoms with E-state index in [4.69, 9.17) is 9.47 Å². The Morgan fingerprint density at radius 3 is 2.17 bits per heavy atom. The zero-order chi connectivity index (χ0) is 19.8. The molecule has 0 aromatic heterocycles. The molecule has 4 heteroatoms. The quantitative estimate of drug-likeness (QED) is 0.335. The Balaban J connectivity index is 1.60. The molecule has 0 spiro atoms. The van der Waals surface area contributed by atoms with Gasteiger partial charge in [-0.25, -0.2) is 4.39 Å². The van der Waals surface area contributed by atoms with Crippen molar-refractivity contribution in [1.29, 1.82) is 0 Å². The zero-order valence-corrected chi connectivity index (χ0v) is 17.3. The van der Waals surface area contributed by atoms with Gasteiger partial charge in [0.2, 0.25) is 9.79 Å². The number of ether oxygens (including phenoxy) is 2. The van der Waals surface area contributed by atoms with Gasteiger partial charge >= 0.3 is 0 Å². The van der Waals surface area contributed by atoms with Crippen molar-refractivity contribution in [1.82, 2.24) is 0 Å². The first kappa shape index (κ1) is 18.6. The molecule has 0 atom stereocenters. The third kappa shape index (κ3) is 3.29. The highest BCUT2D eigenvalue weighted by Crippen LogP contribution is 2.47. The van der Waals surface area contributed by atoms with Crippen LogP contribution in [0.5, 0.6) is 17.2 Å². The van der Waals surface area contributed by atoms with Crippen LogP contribution in [0.15, 0.2) is 81.4 Å². The first-order valence-corrected chi connectivity index (χ1v) is 11.5. The molecule has 1 aliphatic carbocycles. The lowest BCUT2D eigenvalue weighted by Gasteiger charge is -2.29. The van der Waals surface area contributed by atoms with E-state index in [-0.39, 0.29) is 22.3 Å². The highest BCUT2D eigenvalue weighted by Gasteiger charge is 2.40. The molecular weight excluding hydrogens is 383 g/mol. The number of halogens is 1. The van der Waals surface area contributed by atoms with E-state index in [1.54, 1.807) is 6.07 Å². The first-order chi connectivity index (χ1) is 14.2. The van der Waals surface area contributed by atoms with Crippen LogP contribution in [0.1, 0.15) is 39.0 Å². The molecule has 0 amide bonds. The second-order valence-corrected chi connectivity index (χ2v) is 9.70. The Kier molecular flexibility index (Phi) is 4.75. The maximum Gasteiger partial charge on any atom is 0.209 e. The van der Waals surface area contributed by atoms with Gasteiger partial charge in [-0.15, -0.1) is 0 Å². The van der Waals surface area contributed by atoms with E-state index >= 15 is 0 Å². The molecule has 1 heterocycles. The fourth-order valence-electron chi connectivity index (χ4n) is 4.37. The maximum atomic E-state index is 14.7. The van der Waals surface area contributed by atoms with Crippen molar-refractivity contribution in [2.45, 2.75) is 59.3 Å². The molecular formula is C25H24FO2S+. The summed E-state index contributed by atoms with van der Waals surface area (Å²) >= 11 is 0. The normalized spacial score (nSPS) is 17.3. The van der Waals surface area contributed by atoms with E-state index in [0.29, 0.717) is 5.75 Å².